The molecule has 1 aliphatic heterocycles. The largest absolute Gasteiger partial charge is 0.358 e. The zero-order valence-corrected chi connectivity index (χ0v) is 18.0. The second-order valence-electron chi connectivity index (χ2n) is 8.19. The van der Waals surface area contributed by atoms with Gasteiger partial charge >= 0.3 is 0 Å². The standard InChI is InChI=1S/C24H25Cl2NO2/c1-15(2)12-21-24(28)27(14-16-6-7-16)22(17-8-10-19(25)11-9-17)23(29-21)18-4-3-5-20(26)13-18/h3-5,8-11,13,16,21-23H,1,6-7,12,14H2,2H3/t21-,22+,23-/m0/s1. The van der Waals surface area contributed by atoms with Crippen LogP contribution in [-0.2, 0) is 9.53 Å². The highest BCUT2D eigenvalue weighted by atomic mass is 35.5. The van der Waals surface area contributed by atoms with Crippen molar-refractivity contribution in [2.45, 2.75) is 44.4 Å². The van der Waals surface area contributed by atoms with E-state index in [0.717, 1.165) is 23.2 Å². The first-order valence-electron chi connectivity index (χ1n) is 10.0. The number of amides is 1. The van der Waals surface area contributed by atoms with E-state index in [-0.39, 0.29) is 18.1 Å². The molecule has 0 spiro atoms. The van der Waals surface area contributed by atoms with Crippen LogP contribution in [0.5, 0.6) is 0 Å². The summed E-state index contributed by atoms with van der Waals surface area (Å²) in [5.74, 6) is 0.607. The smallest absolute Gasteiger partial charge is 0.252 e. The van der Waals surface area contributed by atoms with Gasteiger partial charge < -0.3 is 9.64 Å². The number of benzene rings is 2. The van der Waals surface area contributed by atoms with E-state index in [1.54, 1.807) is 0 Å². The minimum atomic E-state index is -0.529. The molecule has 0 aromatic heterocycles. The van der Waals surface area contributed by atoms with Crippen LogP contribution < -0.4 is 0 Å². The Kier molecular flexibility index (Phi) is 6.00. The Hall–Kier alpha value is -1.81. The number of hydrogen-bond donors (Lipinski definition) is 0. The molecular formula is C24H25Cl2NO2. The van der Waals surface area contributed by atoms with Crippen molar-refractivity contribution in [1.82, 2.24) is 4.90 Å². The van der Waals surface area contributed by atoms with E-state index in [9.17, 15) is 4.79 Å². The summed E-state index contributed by atoms with van der Waals surface area (Å²) in [6, 6.07) is 15.2. The molecule has 0 unspecified atom stereocenters. The maximum Gasteiger partial charge on any atom is 0.252 e. The highest BCUT2D eigenvalue weighted by Gasteiger charge is 2.45. The van der Waals surface area contributed by atoms with Gasteiger partial charge in [0.15, 0.2) is 0 Å². The lowest BCUT2D eigenvalue weighted by Gasteiger charge is -2.45. The highest BCUT2D eigenvalue weighted by Crippen LogP contribution is 2.45. The van der Waals surface area contributed by atoms with E-state index >= 15 is 0 Å². The quantitative estimate of drug-likeness (QED) is 0.498. The van der Waals surface area contributed by atoms with Gasteiger partial charge in [0.25, 0.3) is 5.91 Å². The van der Waals surface area contributed by atoms with Gasteiger partial charge in [-0.3, -0.25) is 4.79 Å². The molecule has 1 amide bonds. The predicted molar refractivity (Wildman–Crippen MR) is 117 cm³/mol. The molecule has 2 fully saturated rings. The van der Waals surface area contributed by atoms with E-state index in [0.29, 0.717) is 22.4 Å². The van der Waals surface area contributed by atoms with Crippen LogP contribution in [-0.4, -0.2) is 23.5 Å². The first kappa shape index (κ1) is 20.5. The Balaban J connectivity index is 1.78. The van der Waals surface area contributed by atoms with Crippen molar-refractivity contribution in [2.24, 2.45) is 5.92 Å². The van der Waals surface area contributed by atoms with Crippen LogP contribution in [0.2, 0.25) is 10.0 Å². The molecular weight excluding hydrogens is 405 g/mol. The summed E-state index contributed by atoms with van der Waals surface area (Å²) in [6.07, 6.45) is 2.02. The van der Waals surface area contributed by atoms with Crippen molar-refractivity contribution in [3.63, 3.8) is 0 Å². The summed E-state index contributed by atoms with van der Waals surface area (Å²) in [4.78, 5) is 15.4. The third-order valence-electron chi connectivity index (χ3n) is 5.57. The summed E-state index contributed by atoms with van der Waals surface area (Å²) >= 11 is 12.4. The average molecular weight is 430 g/mol. The van der Waals surface area contributed by atoms with Crippen molar-refractivity contribution < 1.29 is 9.53 Å². The molecule has 0 radical (unpaired) electrons. The van der Waals surface area contributed by atoms with Crippen LogP contribution in [0.25, 0.3) is 0 Å². The minimum Gasteiger partial charge on any atom is -0.358 e. The first-order chi connectivity index (χ1) is 13.9. The van der Waals surface area contributed by atoms with Crippen LogP contribution in [0, 0.1) is 5.92 Å². The number of ether oxygens (including phenoxy) is 1. The molecule has 3 nitrogen and oxygen atoms in total. The molecule has 1 saturated carbocycles. The Bertz CT molecular complexity index is 907. The van der Waals surface area contributed by atoms with Gasteiger partial charge in [0.1, 0.15) is 12.2 Å². The number of hydrogen-bond acceptors (Lipinski definition) is 2. The van der Waals surface area contributed by atoms with Crippen LogP contribution in [0.4, 0.5) is 0 Å². The van der Waals surface area contributed by atoms with E-state index in [1.165, 1.54) is 12.8 Å². The number of carbonyl (C=O) groups is 1. The fourth-order valence-electron chi connectivity index (χ4n) is 3.99. The molecule has 1 saturated heterocycles. The number of halogens is 2. The van der Waals surface area contributed by atoms with Crippen LogP contribution >= 0.6 is 23.2 Å². The average Bonchev–Trinajstić information content (AvgIpc) is 3.49. The molecule has 0 bridgehead atoms. The lowest BCUT2D eigenvalue weighted by Crippen LogP contribution is -2.51. The second kappa shape index (κ2) is 8.51. The third kappa shape index (κ3) is 4.69. The van der Waals surface area contributed by atoms with Crippen LogP contribution in [0.3, 0.4) is 0 Å². The zero-order valence-electron chi connectivity index (χ0n) is 16.5. The Morgan fingerprint density at radius 1 is 1.10 bits per heavy atom. The summed E-state index contributed by atoms with van der Waals surface area (Å²) in [5, 5.41) is 1.33. The van der Waals surface area contributed by atoms with Crippen molar-refractivity contribution >= 4 is 29.1 Å². The van der Waals surface area contributed by atoms with Gasteiger partial charge in [0, 0.05) is 23.0 Å². The Labute approximate surface area is 182 Å². The second-order valence-corrected chi connectivity index (χ2v) is 9.06. The van der Waals surface area contributed by atoms with E-state index in [2.05, 4.69) is 6.58 Å². The van der Waals surface area contributed by atoms with Crippen molar-refractivity contribution in [3.05, 3.63) is 81.9 Å². The van der Waals surface area contributed by atoms with E-state index in [4.69, 9.17) is 27.9 Å². The van der Waals surface area contributed by atoms with Crippen LogP contribution in [0.1, 0.15) is 49.5 Å². The van der Waals surface area contributed by atoms with Gasteiger partial charge in [-0.2, -0.15) is 0 Å². The molecule has 3 atom stereocenters. The highest BCUT2D eigenvalue weighted by molar-refractivity contribution is 6.30. The minimum absolute atomic E-state index is 0.0399. The van der Waals surface area contributed by atoms with Gasteiger partial charge in [0.05, 0.1) is 6.04 Å². The van der Waals surface area contributed by atoms with Gasteiger partial charge in [-0.05, 0) is 61.1 Å². The zero-order chi connectivity index (χ0) is 20.5. The van der Waals surface area contributed by atoms with E-state index in [1.807, 2.05) is 60.4 Å². The normalized spacial score (nSPS) is 24.6. The SMILES string of the molecule is C=C(C)C[C@@H]1O[C@@H](c2cccc(Cl)c2)[C@@H](c2ccc(Cl)cc2)N(CC2CC2)C1=O. The first-order valence-corrected chi connectivity index (χ1v) is 10.8. The van der Waals surface area contributed by atoms with Gasteiger partial charge in [-0.1, -0.05) is 53.0 Å². The maximum atomic E-state index is 13.4. The molecule has 1 aliphatic carbocycles. The van der Waals surface area contributed by atoms with Gasteiger partial charge in [-0.15, -0.1) is 6.58 Å². The summed E-state index contributed by atoms with van der Waals surface area (Å²) < 4.78 is 6.44. The number of nitrogens with zero attached hydrogens (tertiary/aromatic N) is 1. The lowest BCUT2D eigenvalue weighted by molar-refractivity contribution is -0.174. The molecule has 4 rings (SSSR count). The van der Waals surface area contributed by atoms with Crippen molar-refractivity contribution in [2.75, 3.05) is 6.54 Å². The Morgan fingerprint density at radius 2 is 1.83 bits per heavy atom. The summed E-state index contributed by atoms with van der Waals surface area (Å²) in [5.41, 5.74) is 2.92. The van der Waals surface area contributed by atoms with Crippen molar-refractivity contribution in [1.29, 1.82) is 0 Å². The van der Waals surface area contributed by atoms with Gasteiger partial charge in [0.2, 0.25) is 0 Å². The summed E-state index contributed by atoms with van der Waals surface area (Å²) in [6.45, 7) is 6.68. The topological polar surface area (TPSA) is 29.5 Å². The molecule has 152 valence electrons. The molecule has 29 heavy (non-hydrogen) atoms. The number of carbonyl (C=O) groups excluding carboxylic acids is 1. The maximum absolute atomic E-state index is 13.4. The van der Waals surface area contributed by atoms with Crippen LogP contribution in [0.15, 0.2) is 60.7 Å². The number of morpholine rings is 1. The summed E-state index contributed by atoms with van der Waals surface area (Å²) in [7, 11) is 0. The monoisotopic (exact) mass is 429 g/mol. The molecule has 2 aliphatic rings. The third-order valence-corrected chi connectivity index (χ3v) is 6.05. The fraction of sp³-hybridized carbons (Fsp3) is 0.375. The van der Waals surface area contributed by atoms with Crippen molar-refractivity contribution in [3.8, 4) is 0 Å². The molecule has 2 aromatic carbocycles. The lowest BCUT2D eigenvalue weighted by atomic mass is 9.90. The molecule has 2 aromatic rings. The van der Waals surface area contributed by atoms with Gasteiger partial charge in [-0.25, -0.2) is 0 Å². The van der Waals surface area contributed by atoms with E-state index < -0.39 is 6.10 Å². The Morgan fingerprint density at radius 3 is 2.45 bits per heavy atom. The molecule has 1 heterocycles. The number of rotatable bonds is 6. The molecule has 5 heteroatoms. The fourth-order valence-corrected chi connectivity index (χ4v) is 4.31. The predicted octanol–water partition coefficient (Wildman–Crippen LogP) is 6.38. The molecule has 0 N–H and O–H groups in total.